The molecule has 6 heteroatoms. The lowest BCUT2D eigenvalue weighted by molar-refractivity contribution is -0.131. The maximum absolute atomic E-state index is 12.7. The molecule has 0 saturated carbocycles. The number of benzene rings is 2. The summed E-state index contributed by atoms with van der Waals surface area (Å²) in [5.41, 5.74) is 3.60. The van der Waals surface area contributed by atoms with E-state index in [2.05, 4.69) is 46.2 Å². The third-order valence-electron chi connectivity index (χ3n) is 5.65. The topological polar surface area (TPSA) is 62.5 Å². The minimum Gasteiger partial charge on any atom is -0.341 e. The summed E-state index contributed by atoms with van der Waals surface area (Å²) in [6.45, 7) is 6.59. The van der Waals surface area contributed by atoms with Gasteiger partial charge in [-0.1, -0.05) is 59.8 Å². The molecule has 4 rings (SSSR count). The van der Waals surface area contributed by atoms with Gasteiger partial charge in [0, 0.05) is 51.1 Å². The number of hydrogen-bond acceptors (Lipinski definition) is 5. The Bertz CT molecular complexity index is 970. The van der Waals surface area contributed by atoms with Crippen molar-refractivity contribution in [1.29, 1.82) is 0 Å². The molecule has 3 aromatic rings. The van der Waals surface area contributed by atoms with Crippen LogP contribution in [0.4, 0.5) is 0 Å². The van der Waals surface area contributed by atoms with Crippen molar-refractivity contribution in [3.63, 3.8) is 0 Å². The van der Waals surface area contributed by atoms with E-state index in [0.29, 0.717) is 24.6 Å². The van der Waals surface area contributed by atoms with Crippen molar-refractivity contribution in [3.8, 4) is 11.4 Å². The van der Waals surface area contributed by atoms with Crippen molar-refractivity contribution in [2.45, 2.75) is 32.7 Å². The summed E-state index contributed by atoms with van der Waals surface area (Å²) < 4.78 is 5.34. The first kappa shape index (κ1) is 20.3. The Morgan fingerprint density at radius 1 is 1.00 bits per heavy atom. The highest BCUT2D eigenvalue weighted by molar-refractivity contribution is 5.76. The molecule has 1 fully saturated rings. The normalized spacial score (nSPS) is 15.2. The van der Waals surface area contributed by atoms with E-state index in [1.54, 1.807) is 0 Å². The van der Waals surface area contributed by atoms with E-state index in [1.807, 2.05) is 35.2 Å². The van der Waals surface area contributed by atoms with Crippen molar-refractivity contribution in [2.75, 3.05) is 26.2 Å². The molecule has 0 N–H and O–H groups in total. The van der Waals surface area contributed by atoms with E-state index < -0.39 is 0 Å². The van der Waals surface area contributed by atoms with Gasteiger partial charge >= 0.3 is 0 Å². The first-order chi connectivity index (χ1) is 14.7. The van der Waals surface area contributed by atoms with E-state index in [0.717, 1.165) is 44.7 Å². The Hall–Kier alpha value is -2.99. The molecule has 1 amide bonds. The molecule has 0 spiro atoms. The summed E-state index contributed by atoms with van der Waals surface area (Å²) in [6, 6.07) is 18.2. The Kier molecular flexibility index (Phi) is 6.54. The second-order valence-electron chi connectivity index (χ2n) is 7.81. The van der Waals surface area contributed by atoms with Gasteiger partial charge in [-0.2, -0.15) is 4.98 Å². The van der Waals surface area contributed by atoms with Crippen LogP contribution in [-0.2, 0) is 17.8 Å². The molecule has 1 aromatic heterocycles. The van der Waals surface area contributed by atoms with Crippen LogP contribution in [0.2, 0.25) is 0 Å². The zero-order valence-corrected chi connectivity index (χ0v) is 17.5. The van der Waals surface area contributed by atoms with Gasteiger partial charge < -0.3 is 9.42 Å². The predicted octanol–water partition coefficient (Wildman–Crippen LogP) is 3.71. The number of nitrogens with zero attached hydrogens (tertiary/aromatic N) is 4. The van der Waals surface area contributed by atoms with Gasteiger partial charge in [0.1, 0.15) is 0 Å². The maximum atomic E-state index is 12.7. The number of hydrogen-bond donors (Lipinski definition) is 0. The van der Waals surface area contributed by atoms with Gasteiger partial charge in [-0.15, -0.1) is 0 Å². The third-order valence-corrected chi connectivity index (χ3v) is 5.65. The molecule has 6 nitrogen and oxygen atoms in total. The highest BCUT2D eigenvalue weighted by Crippen LogP contribution is 2.16. The van der Waals surface area contributed by atoms with E-state index in [9.17, 15) is 4.79 Å². The molecule has 0 unspecified atom stereocenters. The Morgan fingerprint density at radius 3 is 2.63 bits per heavy atom. The second-order valence-corrected chi connectivity index (χ2v) is 7.81. The van der Waals surface area contributed by atoms with E-state index in [-0.39, 0.29) is 5.91 Å². The van der Waals surface area contributed by atoms with Gasteiger partial charge in [0.05, 0.1) is 0 Å². The first-order valence-corrected chi connectivity index (χ1v) is 10.6. The van der Waals surface area contributed by atoms with Crippen LogP contribution in [0.1, 0.15) is 29.9 Å². The Morgan fingerprint density at radius 2 is 1.80 bits per heavy atom. The second kappa shape index (κ2) is 9.67. The number of carbonyl (C=O) groups is 1. The minimum atomic E-state index is 0.159. The standard InChI is InChI=1S/C24H28N4O2/c1-19-8-5-6-11-21(19)18-27-14-7-15-28(17-16-27)23(29)13-12-22-25-24(26-30-22)20-9-3-2-4-10-20/h2-6,8-11H,7,12-18H2,1H3. The van der Waals surface area contributed by atoms with E-state index >= 15 is 0 Å². The lowest BCUT2D eigenvalue weighted by Gasteiger charge is -2.22. The summed E-state index contributed by atoms with van der Waals surface area (Å²) in [5.74, 6) is 1.24. The molecule has 156 valence electrons. The SMILES string of the molecule is Cc1ccccc1CN1CCCN(C(=O)CCc2nc(-c3ccccc3)no2)CC1. The smallest absolute Gasteiger partial charge is 0.227 e. The van der Waals surface area contributed by atoms with Crippen molar-refractivity contribution < 1.29 is 9.32 Å². The minimum absolute atomic E-state index is 0.159. The van der Waals surface area contributed by atoms with Gasteiger partial charge in [0.25, 0.3) is 0 Å². The van der Waals surface area contributed by atoms with Crippen LogP contribution in [-0.4, -0.2) is 52.0 Å². The average molecular weight is 405 g/mol. The fourth-order valence-corrected chi connectivity index (χ4v) is 3.84. The van der Waals surface area contributed by atoms with Crippen LogP contribution in [0.15, 0.2) is 59.1 Å². The van der Waals surface area contributed by atoms with Crippen LogP contribution < -0.4 is 0 Å². The number of rotatable bonds is 6. The van der Waals surface area contributed by atoms with E-state index in [4.69, 9.17) is 4.52 Å². The van der Waals surface area contributed by atoms with Gasteiger partial charge in [-0.05, 0) is 24.5 Å². The molecular weight excluding hydrogens is 376 g/mol. The number of aryl methyl sites for hydroxylation is 2. The summed E-state index contributed by atoms with van der Waals surface area (Å²) in [5, 5.41) is 4.03. The average Bonchev–Trinajstić information content (AvgIpc) is 3.13. The van der Waals surface area contributed by atoms with Crippen LogP contribution in [0.25, 0.3) is 11.4 Å². The Balaban J connectivity index is 1.27. The third kappa shape index (κ3) is 5.13. The van der Waals surface area contributed by atoms with Crippen molar-refractivity contribution in [2.24, 2.45) is 0 Å². The highest BCUT2D eigenvalue weighted by Gasteiger charge is 2.20. The lowest BCUT2D eigenvalue weighted by Crippen LogP contribution is -2.35. The van der Waals surface area contributed by atoms with Gasteiger partial charge in [-0.25, -0.2) is 0 Å². The zero-order chi connectivity index (χ0) is 20.8. The molecule has 1 aliphatic rings. The first-order valence-electron chi connectivity index (χ1n) is 10.6. The molecule has 30 heavy (non-hydrogen) atoms. The molecule has 1 aliphatic heterocycles. The van der Waals surface area contributed by atoms with Gasteiger partial charge in [0.15, 0.2) is 0 Å². The summed E-state index contributed by atoms with van der Waals surface area (Å²) in [7, 11) is 0. The number of carbonyl (C=O) groups excluding carboxylic acids is 1. The molecular formula is C24H28N4O2. The number of aromatic nitrogens is 2. The molecule has 0 bridgehead atoms. The highest BCUT2D eigenvalue weighted by atomic mass is 16.5. The maximum Gasteiger partial charge on any atom is 0.227 e. The van der Waals surface area contributed by atoms with Crippen molar-refractivity contribution in [3.05, 3.63) is 71.6 Å². The lowest BCUT2D eigenvalue weighted by atomic mass is 10.1. The van der Waals surface area contributed by atoms with E-state index in [1.165, 1.54) is 11.1 Å². The monoisotopic (exact) mass is 404 g/mol. The molecule has 1 saturated heterocycles. The number of amides is 1. The summed E-state index contributed by atoms with van der Waals surface area (Å²) in [6.07, 6.45) is 1.87. The van der Waals surface area contributed by atoms with Crippen molar-refractivity contribution in [1.82, 2.24) is 19.9 Å². The fourth-order valence-electron chi connectivity index (χ4n) is 3.84. The molecule has 2 aromatic carbocycles. The Labute approximate surface area is 177 Å². The van der Waals surface area contributed by atoms with Crippen LogP contribution in [0.3, 0.4) is 0 Å². The van der Waals surface area contributed by atoms with Gasteiger partial charge in [-0.3, -0.25) is 9.69 Å². The largest absolute Gasteiger partial charge is 0.341 e. The van der Waals surface area contributed by atoms with Crippen molar-refractivity contribution >= 4 is 5.91 Å². The quantitative estimate of drug-likeness (QED) is 0.627. The fraction of sp³-hybridized carbons (Fsp3) is 0.375. The summed E-state index contributed by atoms with van der Waals surface area (Å²) >= 11 is 0. The zero-order valence-electron chi connectivity index (χ0n) is 17.5. The summed E-state index contributed by atoms with van der Waals surface area (Å²) in [4.78, 5) is 21.6. The molecule has 0 radical (unpaired) electrons. The van der Waals surface area contributed by atoms with Crippen LogP contribution >= 0.6 is 0 Å². The predicted molar refractivity (Wildman–Crippen MR) is 116 cm³/mol. The molecule has 2 heterocycles. The molecule has 0 atom stereocenters. The van der Waals surface area contributed by atoms with Gasteiger partial charge in [0.2, 0.25) is 17.6 Å². The molecule has 0 aliphatic carbocycles. The van der Waals surface area contributed by atoms with Crippen LogP contribution in [0, 0.1) is 6.92 Å². The van der Waals surface area contributed by atoms with Crippen LogP contribution in [0.5, 0.6) is 0 Å².